The normalized spacial score (nSPS) is 22.1. The number of hydrogen-bond acceptors (Lipinski definition) is 27. The maximum Gasteiger partial charge on any atom is 0.229 e. The lowest BCUT2D eigenvalue weighted by Gasteiger charge is -2.55. The molecule has 6 aromatic carbocycles. The van der Waals surface area contributed by atoms with Crippen molar-refractivity contribution in [3.05, 3.63) is 194 Å². The third kappa shape index (κ3) is 24.1. The number of aryl methyl sites for hydroxylation is 3. The highest BCUT2D eigenvalue weighted by Gasteiger charge is 2.52. The van der Waals surface area contributed by atoms with Crippen LogP contribution in [-0.4, -0.2) is 198 Å². The Hall–Kier alpha value is -9.54. The first kappa shape index (κ1) is 107. The second-order valence-electron chi connectivity index (χ2n) is 44.3. The molecule has 21 rings (SSSR count). The van der Waals surface area contributed by atoms with E-state index in [1.165, 1.54) is 147 Å². The van der Waals surface area contributed by atoms with E-state index in [1.807, 2.05) is 41.5 Å². The second kappa shape index (κ2) is 45.4. The minimum absolute atomic E-state index is 0.0447. The predicted molar refractivity (Wildman–Crippen MR) is 593 cm³/mol. The zero-order valence-electron chi connectivity index (χ0n) is 87.9. The van der Waals surface area contributed by atoms with Crippen LogP contribution >= 0.6 is 34.8 Å². The number of anilines is 12. The summed E-state index contributed by atoms with van der Waals surface area (Å²) in [5, 5.41) is 18.7. The van der Waals surface area contributed by atoms with Crippen LogP contribution in [0, 0.1) is 56.3 Å². The molecule has 0 radical (unpaired) electrons. The van der Waals surface area contributed by atoms with E-state index in [2.05, 4.69) is 152 Å². The van der Waals surface area contributed by atoms with E-state index in [1.54, 1.807) is 114 Å². The van der Waals surface area contributed by atoms with Crippen molar-refractivity contribution in [1.29, 1.82) is 0 Å². The quantitative estimate of drug-likeness (QED) is 0.0212. The third-order valence-electron chi connectivity index (χ3n) is 31.4. The van der Waals surface area contributed by atoms with Crippen molar-refractivity contribution in [2.75, 3.05) is 71.5 Å². The summed E-state index contributed by atoms with van der Waals surface area (Å²) in [6.45, 7) is 33.8. The fourth-order valence-electron chi connectivity index (χ4n) is 22.4. The number of nitrogens with one attached hydrogen (secondary N) is 6. The van der Waals surface area contributed by atoms with Gasteiger partial charge in [0.15, 0.2) is 47.0 Å². The number of benzene rings is 6. The summed E-state index contributed by atoms with van der Waals surface area (Å²) in [5.41, 5.74) is 15.0. The number of halogens is 3. The average molecular weight is 2130 g/mol. The molecule has 9 heterocycles. The van der Waals surface area contributed by atoms with Crippen molar-refractivity contribution in [2.24, 2.45) is 35.5 Å². The first-order chi connectivity index (χ1) is 71.0. The molecule has 12 aliphatic rings. The van der Waals surface area contributed by atoms with E-state index in [-0.39, 0.29) is 48.1 Å². The van der Waals surface area contributed by atoms with E-state index in [4.69, 9.17) is 63.2 Å². The lowest BCUT2D eigenvalue weighted by molar-refractivity contribution is -0.116. The zero-order chi connectivity index (χ0) is 104. The molecule has 792 valence electrons. The summed E-state index contributed by atoms with van der Waals surface area (Å²) in [6.07, 6.45) is 36.0. The maximum atomic E-state index is 13.1. The number of hydrogen-bond donors (Lipinski definition) is 6. The van der Waals surface area contributed by atoms with E-state index < -0.39 is 45.3 Å². The average Bonchev–Trinajstić information content (AvgIpc) is 1.59. The minimum Gasteiger partial charge on any atom is -0.489 e. The van der Waals surface area contributed by atoms with E-state index in [0.29, 0.717) is 113 Å². The van der Waals surface area contributed by atoms with Crippen molar-refractivity contribution >= 4 is 150 Å². The highest BCUT2D eigenvalue weighted by atomic mass is 35.5. The Kier molecular flexibility index (Phi) is 32.8. The smallest absolute Gasteiger partial charge is 0.229 e. The van der Waals surface area contributed by atoms with Gasteiger partial charge in [-0.2, -0.15) is 15.0 Å². The van der Waals surface area contributed by atoms with Gasteiger partial charge in [-0.05, 0) is 371 Å². The molecule has 0 bridgehead atoms. The van der Waals surface area contributed by atoms with Crippen molar-refractivity contribution in [2.45, 2.75) is 329 Å². The van der Waals surface area contributed by atoms with Crippen LogP contribution in [0.3, 0.4) is 0 Å². The van der Waals surface area contributed by atoms with Crippen LogP contribution in [0.1, 0.15) is 238 Å². The second-order valence-corrected chi connectivity index (χ2v) is 53.0. The van der Waals surface area contributed by atoms with Crippen molar-refractivity contribution in [1.82, 2.24) is 44.6 Å². The van der Waals surface area contributed by atoms with E-state index in [9.17, 15) is 25.3 Å². The number of para-hydroxylation sites is 3. The number of sulfone groups is 3. The van der Waals surface area contributed by atoms with Crippen LogP contribution in [0.2, 0.25) is 15.1 Å². The molecule has 6 saturated carbocycles. The lowest BCUT2D eigenvalue weighted by atomic mass is 9.69. The Labute approximate surface area is 890 Å². The van der Waals surface area contributed by atoms with Gasteiger partial charge in [0.05, 0.1) is 140 Å². The highest BCUT2D eigenvalue weighted by Crippen LogP contribution is 2.55. The van der Waals surface area contributed by atoms with Gasteiger partial charge in [0.25, 0.3) is 0 Å². The summed E-state index contributed by atoms with van der Waals surface area (Å²) in [4.78, 5) is 36.6. The van der Waals surface area contributed by atoms with Gasteiger partial charge in [0, 0.05) is 55.5 Å². The fraction of sp³-hybridized carbons (Fsp3) is 0.530. The van der Waals surface area contributed by atoms with Gasteiger partial charge in [0.2, 0.25) is 17.8 Å². The molecule has 6 aliphatic heterocycles. The fourth-order valence-corrected chi connectivity index (χ4v) is 26.4. The largest absolute Gasteiger partial charge is 0.489 e. The van der Waals surface area contributed by atoms with E-state index in [0.717, 1.165) is 147 Å². The molecule has 27 nitrogen and oxygen atoms in total. The van der Waals surface area contributed by atoms with Crippen LogP contribution in [0.15, 0.2) is 161 Å². The van der Waals surface area contributed by atoms with Crippen molar-refractivity contribution in [3.63, 3.8) is 0 Å². The number of rotatable bonds is 36. The van der Waals surface area contributed by atoms with Gasteiger partial charge in [-0.3, -0.25) is 14.7 Å². The van der Waals surface area contributed by atoms with Crippen LogP contribution < -0.4 is 46.1 Å². The number of aromatic nitrogens is 6. The molecule has 148 heavy (non-hydrogen) atoms. The first-order valence-corrected chi connectivity index (χ1v) is 59.6. The molecular formula is C115H146Cl3N15O12S3. The Morgan fingerprint density at radius 2 is 0.615 bits per heavy atom. The summed E-state index contributed by atoms with van der Waals surface area (Å²) in [7, 11) is -10.6. The Balaban J connectivity index is 0.000000140. The standard InChI is InChI=1S/2C39H50ClN5O4S.C37H46ClN5O4S/c1-23(2)49-36-19-30(28-17-34(26-10-8-11-26)45(29-21-48-22-29)35(18-28)27-12-9-13-27)25(5)16-33(36)43-39-41-20-31(40)38(44-39)42-32-14-6-7-15-37(32)50(46,47)24(3)4;1-23(2)49-36-21-30(28-19-34(26-10-11-26)45(29-14-16-48-17-15-29)35(20-28)27-12-13-27)25(5)18-33(36)43-39-41-22-31(40)38(44-39)42-32-8-6-7-9-37(32)50(46,47)24(3)4;1-21(2)47-34-17-28(26-15-32(24-10-11-24)43(27-19-46-20-27)33(16-26)25-12-13-25)23(5)14-31(34)41-37-39-18-29(38)36(42-37)40-30-8-6-7-9-35(30)48(44,45)22(3)4/h6-7,14-17,19-20,23-24,26-27,29,34-35H,8-13,18,21-22H2,1-5H3,(H2,41,42,43,44);6-9,18-19,21-24,26-27,29,34-35H,10-17,20H2,1-5H3,(H2,41,42,43,44);6-9,14-15,17-18,21-22,24-25,27,32-33H,10-13,16,19-20H2,1-5H3,(H2,39,40,41,42)/t2*34-,35-;32-,33-/m100/s1. The highest BCUT2D eigenvalue weighted by molar-refractivity contribution is 7.92. The molecule has 0 spiro atoms. The molecular weight excluding hydrogens is 1990 g/mol. The summed E-state index contributed by atoms with van der Waals surface area (Å²) >= 11 is 19.6. The van der Waals surface area contributed by atoms with E-state index >= 15 is 0 Å². The Morgan fingerprint density at radius 1 is 0.338 bits per heavy atom. The number of ether oxygens (including phenoxy) is 6. The topological polar surface area (TPSA) is 317 Å². The molecule has 9 aromatic rings. The molecule has 3 aromatic heterocycles. The van der Waals surface area contributed by atoms with Gasteiger partial charge in [0.1, 0.15) is 32.3 Å². The van der Waals surface area contributed by atoms with Gasteiger partial charge < -0.3 is 60.3 Å². The van der Waals surface area contributed by atoms with Crippen LogP contribution in [0.25, 0.3) is 16.7 Å². The molecule has 0 unspecified atom stereocenters. The van der Waals surface area contributed by atoms with Gasteiger partial charge in [-0.15, -0.1) is 0 Å². The zero-order valence-corrected chi connectivity index (χ0v) is 92.7. The molecule has 6 atom stereocenters. The monoisotopic (exact) mass is 2130 g/mol. The Bertz CT molecular complexity index is 6790. The first-order valence-electron chi connectivity index (χ1n) is 53.8. The van der Waals surface area contributed by atoms with Crippen LogP contribution in [0.4, 0.5) is 69.4 Å². The van der Waals surface area contributed by atoms with Gasteiger partial charge in [-0.25, -0.2) is 40.2 Å². The molecule has 9 fully saturated rings. The summed E-state index contributed by atoms with van der Waals surface area (Å²) in [6, 6.07) is 38.1. The minimum atomic E-state index is -3.55. The molecule has 3 saturated heterocycles. The lowest BCUT2D eigenvalue weighted by Crippen LogP contribution is -2.62. The van der Waals surface area contributed by atoms with Crippen molar-refractivity contribution < 1.29 is 53.7 Å². The van der Waals surface area contributed by atoms with Crippen molar-refractivity contribution in [3.8, 4) is 17.2 Å². The number of nitrogens with zero attached hydrogens (tertiary/aromatic N) is 9. The third-order valence-corrected chi connectivity index (χ3v) is 38.9. The molecule has 6 N–H and O–H groups in total. The SMILES string of the molecule is Cc1cc(Nc2ncc(Cl)c(Nc3ccccc3S(=O)(=O)C(C)C)n2)c(OC(C)C)cc1C1=C[C@@H](C2CC2)N(C2CCOCC2)[C@H](C2CC2)C1.Cc1cc(Nc2ncc(Cl)c(Nc3ccccc3S(=O)(=O)C(C)C)n2)c(OC(C)C)cc1C1=C[C@@H](C2CC2)N(C2COC2)[C@H](C2CC2)C1.Cc1cc(Nc2ncc(Cl)c(Nc3ccccc3S(=O)(=O)C(C)C)n2)c(OC(C)C)cc1C1=C[C@H](C2CCC2)N(C2COC2)[C@@H](C2CCC2)C1. The van der Waals surface area contributed by atoms with Crippen LogP contribution in [-0.2, 0) is 43.7 Å². The Morgan fingerprint density at radius 3 is 0.872 bits per heavy atom. The molecule has 6 aliphatic carbocycles. The summed E-state index contributed by atoms with van der Waals surface area (Å²) in [5.74, 6) is 8.51. The maximum absolute atomic E-state index is 13.1. The summed E-state index contributed by atoms with van der Waals surface area (Å²) < 4.78 is 115. The molecule has 0 amide bonds. The predicted octanol–water partition coefficient (Wildman–Crippen LogP) is 25.4. The van der Waals surface area contributed by atoms with Gasteiger partial charge in [-0.1, -0.05) is 102 Å². The van der Waals surface area contributed by atoms with Crippen LogP contribution in [0.5, 0.6) is 17.2 Å². The van der Waals surface area contributed by atoms with Gasteiger partial charge >= 0.3 is 0 Å². The molecule has 33 heteroatoms.